The highest BCUT2D eigenvalue weighted by Gasteiger charge is 2.40. The molecule has 1 saturated heterocycles. The van der Waals surface area contributed by atoms with Crippen LogP contribution in [0.5, 0.6) is 0 Å². The van der Waals surface area contributed by atoms with Crippen LogP contribution >= 0.6 is 0 Å². The maximum Gasteiger partial charge on any atom is 0.309 e. The Balaban J connectivity index is 1.43. The molecule has 3 nitrogen and oxygen atoms in total. The Bertz CT molecular complexity index is 979. The zero-order valence-corrected chi connectivity index (χ0v) is 18.3. The fraction of sp³-hybridized carbons (Fsp3) is 0.407. The predicted octanol–water partition coefficient (Wildman–Crippen LogP) is 6.61. The van der Waals surface area contributed by atoms with Crippen LogP contribution in [0.15, 0.2) is 60.3 Å². The highest BCUT2D eigenvalue weighted by molar-refractivity contribution is 5.75. The van der Waals surface area contributed by atoms with Crippen molar-refractivity contribution in [3.63, 3.8) is 0 Å². The first-order valence-electron chi connectivity index (χ1n) is 11.3. The van der Waals surface area contributed by atoms with Gasteiger partial charge in [-0.15, -0.1) is 0 Å². The first-order valence-corrected chi connectivity index (χ1v) is 11.3. The van der Waals surface area contributed by atoms with Crippen molar-refractivity contribution in [2.75, 3.05) is 0 Å². The van der Waals surface area contributed by atoms with Crippen LogP contribution in [0.1, 0.15) is 51.6 Å². The number of esters is 1. The van der Waals surface area contributed by atoms with Crippen molar-refractivity contribution in [1.29, 1.82) is 0 Å². The van der Waals surface area contributed by atoms with Gasteiger partial charge in [0.15, 0.2) is 0 Å². The Morgan fingerprint density at radius 3 is 2.74 bits per heavy atom. The lowest BCUT2D eigenvalue weighted by atomic mass is 9.76. The second kappa shape index (κ2) is 9.59. The van der Waals surface area contributed by atoms with Crippen molar-refractivity contribution in [2.24, 2.45) is 17.8 Å². The molecule has 0 radical (unpaired) electrons. The average molecular weight is 420 g/mol. The summed E-state index contributed by atoms with van der Waals surface area (Å²) in [6, 6.07) is 10.5. The van der Waals surface area contributed by atoms with Gasteiger partial charge in [-0.25, -0.2) is 4.39 Å². The summed E-state index contributed by atoms with van der Waals surface area (Å²) in [6.07, 6.45) is 13.6. The molecule has 1 aliphatic heterocycles. The first-order chi connectivity index (χ1) is 15.0. The molecule has 0 N–H and O–H groups in total. The van der Waals surface area contributed by atoms with E-state index in [4.69, 9.17) is 4.74 Å². The fourth-order valence-electron chi connectivity index (χ4n) is 4.75. The van der Waals surface area contributed by atoms with E-state index >= 15 is 0 Å². The molecule has 4 atom stereocenters. The summed E-state index contributed by atoms with van der Waals surface area (Å²) in [5.41, 5.74) is 4.02. The number of aromatic nitrogens is 1. The van der Waals surface area contributed by atoms with E-state index in [2.05, 4.69) is 24.1 Å². The molecule has 4 heteroatoms. The minimum Gasteiger partial charge on any atom is -0.462 e. The Labute approximate surface area is 184 Å². The Morgan fingerprint density at radius 1 is 1.16 bits per heavy atom. The van der Waals surface area contributed by atoms with E-state index in [1.807, 2.05) is 31.2 Å². The number of nitrogens with zero attached hydrogens (tertiary/aromatic N) is 1. The van der Waals surface area contributed by atoms with Crippen molar-refractivity contribution < 1.29 is 13.9 Å². The third kappa shape index (κ3) is 5.12. The van der Waals surface area contributed by atoms with Gasteiger partial charge in [0.25, 0.3) is 0 Å². The van der Waals surface area contributed by atoms with Crippen molar-refractivity contribution in [1.82, 2.24) is 4.98 Å². The third-order valence-corrected chi connectivity index (χ3v) is 6.83. The summed E-state index contributed by atoms with van der Waals surface area (Å²) in [6.45, 7) is 4.13. The van der Waals surface area contributed by atoms with E-state index in [0.29, 0.717) is 5.92 Å². The van der Waals surface area contributed by atoms with E-state index in [-0.39, 0.29) is 29.7 Å². The summed E-state index contributed by atoms with van der Waals surface area (Å²) < 4.78 is 18.9. The standard InChI is InChI=1S/C27H30FNO2/c1-18-19(2)31-27(30)26(18)16-22-8-4-3-7-20(22)9-6-12-25-14-13-23(17-29-25)21-10-5-11-24(28)15-21/h5-6,9-15,17-19,22,26H,3-4,7-8,16H2,1-2H3/b12-6+,20-9+/t18-,19-,22+,26-/m1/s1. The summed E-state index contributed by atoms with van der Waals surface area (Å²) in [5.74, 6) is 0.481. The van der Waals surface area contributed by atoms with Crippen LogP contribution in [0, 0.1) is 23.6 Å². The van der Waals surface area contributed by atoms with Gasteiger partial charge in [0, 0.05) is 17.7 Å². The minimum atomic E-state index is -0.246. The van der Waals surface area contributed by atoms with Crippen molar-refractivity contribution in [3.8, 4) is 11.1 Å². The lowest BCUT2D eigenvalue weighted by Crippen LogP contribution is -2.22. The molecule has 2 heterocycles. The van der Waals surface area contributed by atoms with E-state index in [9.17, 15) is 9.18 Å². The second-order valence-electron chi connectivity index (χ2n) is 8.87. The average Bonchev–Trinajstić information content (AvgIpc) is 3.01. The largest absolute Gasteiger partial charge is 0.462 e. The number of carbonyl (C=O) groups excluding carboxylic acids is 1. The van der Waals surface area contributed by atoms with Gasteiger partial charge < -0.3 is 4.74 Å². The van der Waals surface area contributed by atoms with Gasteiger partial charge in [0.1, 0.15) is 11.9 Å². The number of pyridine rings is 1. The van der Waals surface area contributed by atoms with Crippen molar-refractivity contribution >= 4 is 12.0 Å². The molecule has 1 aliphatic carbocycles. The van der Waals surface area contributed by atoms with E-state index in [1.165, 1.54) is 30.5 Å². The lowest BCUT2D eigenvalue weighted by molar-refractivity contribution is -0.144. The molecular formula is C27H30FNO2. The van der Waals surface area contributed by atoms with Crippen LogP contribution in [0.4, 0.5) is 4.39 Å². The molecule has 162 valence electrons. The maximum atomic E-state index is 13.4. The zero-order valence-electron chi connectivity index (χ0n) is 18.3. The number of halogens is 1. The fourth-order valence-corrected chi connectivity index (χ4v) is 4.75. The van der Waals surface area contributed by atoms with E-state index in [0.717, 1.165) is 36.1 Å². The molecule has 0 unspecified atom stereocenters. The van der Waals surface area contributed by atoms with Crippen LogP contribution in [-0.4, -0.2) is 17.1 Å². The summed E-state index contributed by atoms with van der Waals surface area (Å²) in [7, 11) is 0. The normalized spacial score (nSPS) is 27.7. The number of hydrogen-bond acceptors (Lipinski definition) is 3. The molecule has 2 fully saturated rings. The topological polar surface area (TPSA) is 39.2 Å². The second-order valence-corrected chi connectivity index (χ2v) is 8.87. The minimum absolute atomic E-state index is 0.0162. The first kappa shape index (κ1) is 21.5. The molecule has 0 amide bonds. The zero-order chi connectivity index (χ0) is 21.8. The van der Waals surface area contributed by atoms with Crippen LogP contribution in [-0.2, 0) is 9.53 Å². The van der Waals surface area contributed by atoms with Crippen LogP contribution in [0.3, 0.4) is 0 Å². The lowest BCUT2D eigenvalue weighted by Gasteiger charge is -2.27. The van der Waals surface area contributed by atoms with Gasteiger partial charge in [-0.1, -0.05) is 49.3 Å². The Hall–Kier alpha value is -2.75. The molecule has 31 heavy (non-hydrogen) atoms. The molecule has 1 saturated carbocycles. The van der Waals surface area contributed by atoms with E-state index < -0.39 is 0 Å². The molecule has 0 bridgehead atoms. The van der Waals surface area contributed by atoms with Gasteiger partial charge in [0.05, 0.1) is 11.6 Å². The SMILES string of the molecule is C[C@@H]1[C@@H](C)OC(=O)[C@@H]1C[C@@H]1CCCC/C1=C\C=C\c1ccc(-c2cccc(F)c2)cn1. The van der Waals surface area contributed by atoms with Gasteiger partial charge in [-0.3, -0.25) is 9.78 Å². The number of hydrogen-bond donors (Lipinski definition) is 0. The number of cyclic esters (lactones) is 1. The highest BCUT2D eigenvalue weighted by Crippen LogP contribution is 2.39. The molecular weight excluding hydrogens is 389 g/mol. The number of rotatable bonds is 5. The molecule has 1 aromatic carbocycles. The maximum absolute atomic E-state index is 13.4. The predicted molar refractivity (Wildman–Crippen MR) is 122 cm³/mol. The van der Waals surface area contributed by atoms with E-state index in [1.54, 1.807) is 12.3 Å². The molecule has 1 aromatic heterocycles. The number of allylic oxidation sites excluding steroid dienone is 3. The van der Waals surface area contributed by atoms with Gasteiger partial charge in [-0.05, 0) is 68.4 Å². The quantitative estimate of drug-likeness (QED) is 0.512. The number of carbonyl (C=O) groups is 1. The van der Waals surface area contributed by atoms with Crippen molar-refractivity contribution in [2.45, 2.75) is 52.1 Å². The van der Waals surface area contributed by atoms with Crippen LogP contribution in [0.2, 0.25) is 0 Å². The monoisotopic (exact) mass is 419 g/mol. The van der Waals surface area contributed by atoms with Gasteiger partial charge >= 0.3 is 5.97 Å². The summed E-state index contributed by atoms with van der Waals surface area (Å²) in [4.78, 5) is 16.7. The van der Waals surface area contributed by atoms with Crippen molar-refractivity contribution in [3.05, 3.63) is 71.8 Å². The van der Waals surface area contributed by atoms with Crippen LogP contribution < -0.4 is 0 Å². The highest BCUT2D eigenvalue weighted by atomic mass is 19.1. The van der Waals surface area contributed by atoms with Gasteiger partial charge in [0.2, 0.25) is 0 Å². The Morgan fingerprint density at radius 2 is 2.03 bits per heavy atom. The number of benzene rings is 1. The third-order valence-electron chi connectivity index (χ3n) is 6.83. The summed E-state index contributed by atoms with van der Waals surface area (Å²) in [5, 5.41) is 0. The Kier molecular flexibility index (Phi) is 6.64. The molecule has 0 spiro atoms. The smallest absolute Gasteiger partial charge is 0.309 e. The van der Waals surface area contributed by atoms with Crippen LogP contribution in [0.25, 0.3) is 17.2 Å². The molecule has 4 rings (SSSR count). The molecule has 2 aliphatic rings. The number of ether oxygens (including phenoxy) is 1. The summed E-state index contributed by atoms with van der Waals surface area (Å²) >= 11 is 0. The molecule has 2 aromatic rings. The van der Waals surface area contributed by atoms with Gasteiger partial charge in [-0.2, -0.15) is 0 Å².